The summed E-state index contributed by atoms with van der Waals surface area (Å²) in [6, 6.07) is -0.134. The molecule has 3 atom stereocenters. The standard InChI is InChI=1S/C9H17F2NO/c1-6(13-3)8-7(9(10)11)4-5-12(8)2/h6-9H,4-5H2,1-3H3/t6-,7-,8+/m0/s1. The smallest absolute Gasteiger partial charge is 0.243 e. The molecule has 0 N–H and O–H groups in total. The molecule has 1 rings (SSSR count). The largest absolute Gasteiger partial charge is 0.380 e. The van der Waals surface area contributed by atoms with Gasteiger partial charge in [0.2, 0.25) is 6.43 Å². The summed E-state index contributed by atoms with van der Waals surface area (Å²) in [5, 5.41) is 0. The first kappa shape index (κ1) is 10.9. The molecular weight excluding hydrogens is 176 g/mol. The van der Waals surface area contributed by atoms with Crippen molar-refractivity contribution in [1.29, 1.82) is 0 Å². The summed E-state index contributed by atoms with van der Waals surface area (Å²) in [4.78, 5) is 1.96. The second-order valence-electron chi connectivity index (χ2n) is 3.70. The van der Waals surface area contributed by atoms with Gasteiger partial charge in [0.1, 0.15) is 0 Å². The molecule has 2 nitrogen and oxygen atoms in total. The Morgan fingerprint density at radius 2 is 2.08 bits per heavy atom. The van der Waals surface area contributed by atoms with Gasteiger partial charge in [0, 0.05) is 19.1 Å². The van der Waals surface area contributed by atoms with E-state index in [9.17, 15) is 8.78 Å². The van der Waals surface area contributed by atoms with Crippen molar-refractivity contribution < 1.29 is 13.5 Å². The van der Waals surface area contributed by atoms with Gasteiger partial charge in [-0.2, -0.15) is 0 Å². The Bertz CT molecular complexity index is 166. The summed E-state index contributed by atoms with van der Waals surface area (Å²) in [7, 11) is 3.45. The van der Waals surface area contributed by atoms with E-state index in [4.69, 9.17) is 4.74 Å². The Hall–Kier alpha value is -0.220. The number of nitrogens with zero attached hydrogens (tertiary/aromatic N) is 1. The molecule has 0 bridgehead atoms. The minimum absolute atomic E-state index is 0.119. The average Bonchev–Trinajstić information content (AvgIpc) is 2.46. The molecule has 0 radical (unpaired) electrons. The highest BCUT2D eigenvalue weighted by atomic mass is 19.3. The predicted molar refractivity (Wildman–Crippen MR) is 47.0 cm³/mol. The van der Waals surface area contributed by atoms with E-state index in [1.807, 2.05) is 18.9 Å². The molecule has 1 saturated heterocycles. The van der Waals surface area contributed by atoms with Crippen LogP contribution in [-0.2, 0) is 4.74 Å². The van der Waals surface area contributed by atoms with Crippen molar-refractivity contribution in [1.82, 2.24) is 4.90 Å². The van der Waals surface area contributed by atoms with Gasteiger partial charge in [-0.25, -0.2) is 8.78 Å². The molecule has 1 aliphatic heterocycles. The van der Waals surface area contributed by atoms with Gasteiger partial charge in [-0.1, -0.05) is 0 Å². The monoisotopic (exact) mass is 193 g/mol. The highest BCUT2D eigenvalue weighted by Gasteiger charge is 2.40. The van der Waals surface area contributed by atoms with Crippen LogP contribution in [-0.4, -0.2) is 44.2 Å². The van der Waals surface area contributed by atoms with Crippen LogP contribution >= 0.6 is 0 Å². The zero-order chi connectivity index (χ0) is 10.0. The molecule has 0 saturated carbocycles. The lowest BCUT2D eigenvalue weighted by Gasteiger charge is -2.29. The SMILES string of the molecule is CO[C@@H](C)[C@@H]1[C@@H](C(F)F)CCN1C. The molecule has 1 aliphatic rings. The average molecular weight is 193 g/mol. The van der Waals surface area contributed by atoms with Crippen LogP contribution in [0.5, 0.6) is 0 Å². The van der Waals surface area contributed by atoms with E-state index in [0.717, 1.165) is 6.54 Å². The molecular formula is C9H17F2NO. The van der Waals surface area contributed by atoms with Gasteiger partial charge in [-0.05, 0) is 26.9 Å². The Balaban J connectivity index is 2.65. The Labute approximate surface area is 77.9 Å². The molecule has 0 aliphatic carbocycles. The van der Waals surface area contributed by atoms with E-state index in [2.05, 4.69) is 0 Å². The Morgan fingerprint density at radius 1 is 1.46 bits per heavy atom. The number of alkyl halides is 2. The van der Waals surface area contributed by atoms with Gasteiger partial charge >= 0.3 is 0 Å². The van der Waals surface area contributed by atoms with Gasteiger partial charge in [0.05, 0.1) is 6.10 Å². The van der Waals surface area contributed by atoms with Gasteiger partial charge in [-0.3, -0.25) is 0 Å². The first-order valence-electron chi connectivity index (χ1n) is 4.59. The zero-order valence-electron chi connectivity index (χ0n) is 8.34. The third kappa shape index (κ3) is 2.17. The van der Waals surface area contributed by atoms with Crippen LogP contribution < -0.4 is 0 Å². The van der Waals surface area contributed by atoms with E-state index >= 15 is 0 Å². The molecule has 0 unspecified atom stereocenters. The predicted octanol–water partition coefficient (Wildman–Crippen LogP) is 1.61. The number of hydrogen-bond donors (Lipinski definition) is 0. The van der Waals surface area contributed by atoms with Crippen molar-refractivity contribution in [3.8, 4) is 0 Å². The lowest BCUT2D eigenvalue weighted by molar-refractivity contribution is -0.00977. The summed E-state index contributed by atoms with van der Waals surface area (Å²) < 4.78 is 30.3. The maximum Gasteiger partial charge on any atom is 0.243 e. The van der Waals surface area contributed by atoms with Crippen LogP contribution in [0.15, 0.2) is 0 Å². The van der Waals surface area contributed by atoms with Gasteiger partial charge in [0.25, 0.3) is 0 Å². The van der Waals surface area contributed by atoms with Crippen LogP contribution in [0.4, 0.5) is 8.78 Å². The number of ether oxygens (including phenoxy) is 1. The summed E-state index contributed by atoms with van der Waals surface area (Å²) >= 11 is 0. The normalized spacial score (nSPS) is 32.8. The third-order valence-corrected chi connectivity index (χ3v) is 2.94. The molecule has 0 aromatic rings. The van der Waals surface area contributed by atoms with E-state index in [-0.39, 0.29) is 12.1 Å². The minimum atomic E-state index is -2.23. The number of hydrogen-bond acceptors (Lipinski definition) is 2. The number of rotatable bonds is 3. The van der Waals surface area contributed by atoms with Crippen molar-refractivity contribution in [2.45, 2.75) is 31.9 Å². The first-order valence-corrected chi connectivity index (χ1v) is 4.59. The molecule has 78 valence electrons. The van der Waals surface area contributed by atoms with Crippen LogP contribution in [0.2, 0.25) is 0 Å². The van der Waals surface area contributed by atoms with E-state index in [1.165, 1.54) is 0 Å². The Morgan fingerprint density at radius 3 is 2.54 bits per heavy atom. The maximum absolute atomic E-state index is 12.6. The zero-order valence-corrected chi connectivity index (χ0v) is 8.34. The summed E-state index contributed by atoms with van der Waals surface area (Å²) in [5.74, 6) is -0.528. The fourth-order valence-corrected chi connectivity index (χ4v) is 2.12. The molecule has 0 amide bonds. The van der Waals surface area contributed by atoms with Crippen molar-refractivity contribution in [2.24, 2.45) is 5.92 Å². The van der Waals surface area contributed by atoms with E-state index in [0.29, 0.717) is 6.42 Å². The van der Waals surface area contributed by atoms with Gasteiger partial charge in [0.15, 0.2) is 0 Å². The van der Waals surface area contributed by atoms with Crippen molar-refractivity contribution in [3.05, 3.63) is 0 Å². The van der Waals surface area contributed by atoms with Crippen LogP contribution in [0.25, 0.3) is 0 Å². The molecule has 4 heteroatoms. The summed E-state index contributed by atoms with van der Waals surface area (Å²) in [5.41, 5.74) is 0. The highest BCUT2D eigenvalue weighted by Crippen LogP contribution is 2.31. The fourth-order valence-electron chi connectivity index (χ4n) is 2.12. The second-order valence-corrected chi connectivity index (χ2v) is 3.70. The van der Waals surface area contributed by atoms with E-state index < -0.39 is 12.3 Å². The molecule has 13 heavy (non-hydrogen) atoms. The van der Waals surface area contributed by atoms with Crippen molar-refractivity contribution in [2.75, 3.05) is 20.7 Å². The first-order chi connectivity index (χ1) is 6.07. The quantitative estimate of drug-likeness (QED) is 0.675. The van der Waals surface area contributed by atoms with Crippen molar-refractivity contribution >= 4 is 0 Å². The number of likely N-dealkylation sites (N-methyl/N-ethyl adjacent to an activating group) is 1. The maximum atomic E-state index is 12.6. The van der Waals surface area contributed by atoms with Gasteiger partial charge < -0.3 is 9.64 Å². The fraction of sp³-hybridized carbons (Fsp3) is 1.00. The summed E-state index contributed by atoms with van der Waals surface area (Å²) in [6.45, 7) is 2.59. The lowest BCUT2D eigenvalue weighted by Crippen LogP contribution is -2.41. The van der Waals surface area contributed by atoms with Gasteiger partial charge in [-0.15, -0.1) is 0 Å². The Kier molecular flexibility index (Phi) is 3.62. The lowest BCUT2D eigenvalue weighted by atomic mass is 9.97. The second kappa shape index (κ2) is 4.33. The summed E-state index contributed by atoms with van der Waals surface area (Å²) in [6.07, 6.45) is -1.77. The van der Waals surface area contributed by atoms with Crippen molar-refractivity contribution in [3.63, 3.8) is 0 Å². The number of likely N-dealkylation sites (tertiary alicyclic amines) is 1. The molecule has 0 aromatic heterocycles. The molecule has 0 spiro atoms. The number of halogens is 2. The third-order valence-electron chi connectivity index (χ3n) is 2.94. The molecule has 0 aromatic carbocycles. The van der Waals surface area contributed by atoms with Crippen LogP contribution in [0.3, 0.4) is 0 Å². The topological polar surface area (TPSA) is 12.5 Å². The molecule has 1 heterocycles. The van der Waals surface area contributed by atoms with E-state index in [1.54, 1.807) is 7.11 Å². The van der Waals surface area contributed by atoms with Crippen LogP contribution in [0, 0.1) is 5.92 Å². The minimum Gasteiger partial charge on any atom is -0.380 e. The number of methoxy groups -OCH3 is 1. The van der Waals surface area contributed by atoms with Crippen LogP contribution in [0.1, 0.15) is 13.3 Å². The molecule has 1 fully saturated rings. The highest BCUT2D eigenvalue weighted by molar-refractivity contribution is 4.90.